The Bertz CT molecular complexity index is 1220. The molecule has 154 valence electrons. The van der Waals surface area contributed by atoms with Crippen LogP contribution < -0.4 is 14.9 Å². The predicted molar refractivity (Wildman–Crippen MR) is 114 cm³/mol. The van der Waals surface area contributed by atoms with Crippen LogP contribution in [-0.2, 0) is 26.2 Å². The molecule has 1 aliphatic rings. The number of benzene rings is 3. The molecule has 0 aliphatic carbocycles. The molecule has 2 N–H and O–H groups in total. The molecule has 0 bridgehead atoms. The first-order valence-electron chi connectivity index (χ1n) is 9.53. The lowest BCUT2D eigenvalue weighted by molar-refractivity contribution is -0.128. The number of hydrogen-bond donors (Lipinski definition) is 2. The summed E-state index contributed by atoms with van der Waals surface area (Å²) in [5.74, 6) is -0.896. The summed E-state index contributed by atoms with van der Waals surface area (Å²) in [5.41, 5.74) is 1.41. The maximum atomic E-state index is 12.9. The van der Waals surface area contributed by atoms with Crippen LogP contribution in [0, 0.1) is 0 Å². The molecule has 8 heteroatoms. The van der Waals surface area contributed by atoms with Crippen molar-refractivity contribution >= 4 is 38.3 Å². The van der Waals surface area contributed by atoms with E-state index in [9.17, 15) is 18.0 Å². The smallest absolute Gasteiger partial charge is 0.265 e. The van der Waals surface area contributed by atoms with E-state index in [0.717, 1.165) is 15.3 Å². The van der Waals surface area contributed by atoms with Crippen LogP contribution in [0.1, 0.15) is 12.5 Å². The molecule has 1 atom stereocenters. The van der Waals surface area contributed by atoms with E-state index < -0.39 is 28.5 Å². The van der Waals surface area contributed by atoms with E-state index in [4.69, 9.17) is 0 Å². The van der Waals surface area contributed by atoms with E-state index in [2.05, 4.69) is 10.6 Å². The second-order valence-corrected chi connectivity index (χ2v) is 8.97. The molecular formula is C22H21N3O4S. The van der Waals surface area contributed by atoms with Crippen LogP contribution in [0.5, 0.6) is 0 Å². The van der Waals surface area contributed by atoms with Gasteiger partial charge in [-0.05, 0) is 30.0 Å². The van der Waals surface area contributed by atoms with Crippen molar-refractivity contribution in [3.63, 3.8) is 0 Å². The minimum atomic E-state index is -3.82. The second-order valence-electron chi connectivity index (χ2n) is 7.14. The van der Waals surface area contributed by atoms with Gasteiger partial charge in [0.05, 0.1) is 10.6 Å². The first-order valence-corrected chi connectivity index (χ1v) is 11.0. The molecule has 7 nitrogen and oxygen atoms in total. The van der Waals surface area contributed by atoms with Crippen LogP contribution in [0.15, 0.2) is 71.6 Å². The van der Waals surface area contributed by atoms with Crippen LogP contribution in [0.25, 0.3) is 10.8 Å². The van der Waals surface area contributed by atoms with Gasteiger partial charge in [-0.25, -0.2) is 8.42 Å². The van der Waals surface area contributed by atoms with Gasteiger partial charge in [0, 0.05) is 11.9 Å². The Morgan fingerprint density at radius 3 is 2.40 bits per heavy atom. The predicted octanol–water partition coefficient (Wildman–Crippen LogP) is 2.17. The highest BCUT2D eigenvalue weighted by Crippen LogP contribution is 2.41. The van der Waals surface area contributed by atoms with E-state index in [1.807, 2.05) is 42.5 Å². The molecule has 2 amide bonds. The quantitative estimate of drug-likeness (QED) is 0.635. The number of amides is 2. The average Bonchev–Trinajstić information content (AvgIpc) is 2.96. The number of hydrogen-bond acceptors (Lipinski definition) is 4. The number of nitrogens with zero attached hydrogens (tertiary/aromatic N) is 1. The molecule has 3 aromatic carbocycles. The lowest BCUT2D eigenvalue weighted by atomic mass is 10.1. The van der Waals surface area contributed by atoms with E-state index in [1.165, 1.54) is 0 Å². The fourth-order valence-corrected chi connectivity index (χ4v) is 5.22. The Kier molecular flexibility index (Phi) is 5.17. The third-order valence-electron chi connectivity index (χ3n) is 5.05. The van der Waals surface area contributed by atoms with Gasteiger partial charge in [-0.2, -0.15) is 0 Å². The van der Waals surface area contributed by atoms with Gasteiger partial charge >= 0.3 is 0 Å². The minimum absolute atomic E-state index is 0.192. The molecule has 0 saturated carbocycles. The largest absolute Gasteiger partial charge is 0.350 e. The summed E-state index contributed by atoms with van der Waals surface area (Å²) in [7, 11) is -3.82. The van der Waals surface area contributed by atoms with Crippen molar-refractivity contribution < 1.29 is 18.0 Å². The zero-order valence-corrected chi connectivity index (χ0v) is 17.1. The summed E-state index contributed by atoms with van der Waals surface area (Å²) in [4.78, 5) is 25.0. The zero-order valence-electron chi connectivity index (χ0n) is 16.3. The van der Waals surface area contributed by atoms with Crippen LogP contribution in [0.4, 0.5) is 5.69 Å². The number of nitrogens with one attached hydrogen (secondary N) is 2. The Balaban J connectivity index is 1.43. The average molecular weight is 423 g/mol. The lowest BCUT2D eigenvalue weighted by Gasteiger charge is -2.20. The standard InChI is InChI=1S/C22H21N3O4S/c1-15(22(27)23-13-16-7-3-2-4-8-16)24-20(26)14-25-18-11-5-9-17-10-6-12-19(21(17)18)30(25,28)29/h2-12,15H,13-14H2,1H3,(H,23,27)(H,24,26). The molecule has 1 unspecified atom stereocenters. The molecule has 0 fully saturated rings. The van der Waals surface area contributed by atoms with Crippen LogP contribution in [0.2, 0.25) is 0 Å². The molecule has 4 rings (SSSR count). The summed E-state index contributed by atoms with van der Waals surface area (Å²) in [6, 6.07) is 18.9. The van der Waals surface area contributed by atoms with E-state index in [-0.39, 0.29) is 10.8 Å². The highest BCUT2D eigenvalue weighted by Gasteiger charge is 2.36. The van der Waals surface area contributed by atoms with Crippen molar-refractivity contribution in [1.82, 2.24) is 10.6 Å². The highest BCUT2D eigenvalue weighted by atomic mass is 32.2. The third kappa shape index (κ3) is 3.61. The van der Waals surface area contributed by atoms with Gasteiger partial charge in [0.15, 0.2) is 0 Å². The van der Waals surface area contributed by atoms with Crippen molar-refractivity contribution in [2.24, 2.45) is 0 Å². The number of carbonyl (C=O) groups is 2. The molecule has 0 radical (unpaired) electrons. The molecule has 0 spiro atoms. The lowest BCUT2D eigenvalue weighted by Crippen LogP contribution is -2.48. The van der Waals surface area contributed by atoms with Gasteiger partial charge in [0.1, 0.15) is 12.6 Å². The Hall–Kier alpha value is -3.39. The van der Waals surface area contributed by atoms with Crippen LogP contribution in [-0.4, -0.2) is 32.8 Å². The molecule has 1 heterocycles. The van der Waals surface area contributed by atoms with Crippen molar-refractivity contribution in [3.05, 3.63) is 72.3 Å². The molecular weight excluding hydrogens is 402 g/mol. The number of rotatable bonds is 6. The second kappa shape index (κ2) is 7.79. The van der Waals surface area contributed by atoms with Crippen LogP contribution in [0.3, 0.4) is 0 Å². The molecule has 0 saturated heterocycles. The van der Waals surface area contributed by atoms with Crippen molar-refractivity contribution in [2.45, 2.75) is 24.4 Å². The summed E-state index contributed by atoms with van der Waals surface area (Å²) >= 11 is 0. The molecule has 3 aromatic rings. The van der Waals surface area contributed by atoms with Crippen molar-refractivity contribution in [2.75, 3.05) is 10.8 Å². The van der Waals surface area contributed by atoms with Gasteiger partial charge in [-0.15, -0.1) is 0 Å². The SMILES string of the molecule is CC(NC(=O)CN1c2cccc3cccc(c23)S1(=O)=O)C(=O)NCc1ccccc1. The van der Waals surface area contributed by atoms with E-state index in [1.54, 1.807) is 31.2 Å². The fourth-order valence-electron chi connectivity index (χ4n) is 3.55. The van der Waals surface area contributed by atoms with Gasteiger partial charge in [0.2, 0.25) is 11.8 Å². The fraction of sp³-hybridized carbons (Fsp3) is 0.182. The molecule has 0 aromatic heterocycles. The summed E-state index contributed by atoms with van der Waals surface area (Å²) in [6.07, 6.45) is 0. The van der Waals surface area contributed by atoms with E-state index in [0.29, 0.717) is 17.6 Å². The van der Waals surface area contributed by atoms with Crippen molar-refractivity contribution in [1.29, 1.82) is 0 Å². The summed E-state index contributed by atoms with van der Waals surface area (Å²) in [5, 5.41) is 6.75. The Morgan fingerprint density at radius 2 is 1.67 bits per heavy atom. The third-order valence-corrected chi connectivity index (χ3v) is 6.85. The van der Waals surface area contributed by atoms with Crippen LogP contribution >= 0.6 is 0 Å². The zero-order chi connectivity index (χ0) is 21.3. The first-order chi connectivity index (χ1) is 14.4. The van der Waals surface area contributed by atoms with Gasteiger partial charge in [-0.1, -0.05) is 54.6 Å². The Morgan fingerprint density at radius 1 is 0.967 bits per heavy atom. The monoisotopic (exact) mass is 423 g/mol. The first kappa shape index (κ1) is 19.9. The number of anilines is 1. The molecule has 1 aliphatic heterocycles. The number of sulfonamides is 1. The number of carbonyl (C=O) groups excluding carboxylic acids is 2. The van der Waals surface area contributed by atoms with Crippen molar-refractivity contribution in [3.8, 4) is 0 Å². The maximum absolute atomic E-state index is 12.9. The highest BCUT2D eigenvalue weighted by molar-refractivity contribution is 7.93. The van der Waals surface area contributed by atoms with E-state index >= 15 is 0 Å². The Labute approximate surface area is 174 Å². The van der Waals surface area contributed by atoms with Gasteiger partial charge in [-0.3, -0.25) is 13.9 Å². The molecule has 30 heavy (non-hydrogen) atoms. The normalized spacial score (nSPS) is 15.0. The van der Waals surface area contributed by atoms with Gasteiger partial charge < -0.3 is 10.6 Å². The summed E-state index contributed by atoms with van der Waals surface area (Å²) < 4.78 is 27.0. The minimum Gasteiger partial charge on any atom is -0.350 e. The summed E-state index contributed by atoms with van der Waals surface area (Å²) in [6.45, 7) is 1.51. The topological polar surface area (TPSA) is 95.6 Å². The van der Waals surface area contributed by atoms with Gasteiger partial charge in [0.25, 0.3) is 10.0 Å². The maximum Gasteiger partial charge on any atom is 0.265 e.